The Balaban J connectivity index is 1.40. The van der Waals surface area contributed by atoms with Crippen LogP contribution in [0, 0.1) is 13.8 Å². The van der Waals surface area contributed by atoms with Gasteiger partial charge in [0.05, 0.1) is 13.7 Å². The maximum atomic E-state index is 13.7. The fourth-order valence-electron chi connectivity index (χ4n) is 5.69. The molecule has 0 spiro atoms. The van der Waals surface area contributed by atoms with Gasteiger partial charge in [-0.1, -0.05) is 36.4 Å². The van der Waals surface area contributed by atoms with Crippen molar-refractivity contribution >= 4 is 16.6 Å². The number of H-pyrrole nitrogens is 1. The molecule has 1 atom stereocenters. The molecule has 0 amide bonds. The van der Waals surface area contributed by atoms with Crippen LogP contribution in [0.5, 0.6) is 5.75 Å². The van der Waals surface area contributed by atoms with E-state index in [0.717, 1.165) is 59.5 Å². The molecule has 1 aliphatic rings. The van der Waals surface area contributed by atoms with Gasteiger partial charge in [-0.05, 0) is 77.4 Å². The first-order valence-corrected chi connectivity index (χ1v) is 13.6. The number of piperazine rings is 1. The number of benzene rings is 3. The number of nitrogens with zero attached hydrogens (tertiary/aromatic N) is 6. The van der Waals surface area contributed by atoms with Crippen molar-refractivity contribution in [1.82, 2.24) is 30.1 Å². The standard InChI is InChI=1S/C31H33N7O2/c1-21-17-22(2)26-19-27(31(39)32-28(26)18-21)29(37-15-13-36(14-16-37)24-7-5-4-6-8-24)30-33-34-35-38(30)20-23-9-11-25(40-3)12-10-23/h4-12,17-19,29H,13-16,20H2,1-3H3,(H,32,39). The zero-order valence-corrected chi connectivity index (χ0v) is 23.0. The van der Waals surface area contributed by atoms with E-state index in [2.05, 4.69) is 67.6 Å². The number of ether oxygens (including phenoxy) is 1. The van der Waals surface area contributed by atoms with Gasteiger partial charge in [0.25, 0.3) is 5.56 Å². The lowest BCUT2D eigenvalue weighted by Crippen LogP contribution is -2.49. The van der Waals surface area contributed by atoms with Crippen LogP contribution in [0.15, 0.2) is 77.6 Å². The summed E-state index contributed by atoms with van der Waals surface area (Å²) < 4.78 is 7.12. The number of aromatic nitrogens is 5. The molecule has 9 heteroatoms. The molecule has 2 aromatic heterocycles. The second kappa shape index (κ2) is 10.9. The summed E-state index contributed by atoms with van der Waals surface area (Å²) in [6.45, 7) is 7.81. The molecule has 0 radical (unpaired) electrons. The summed E-state index contributed by atoms with van der Waals surface area (Å²) in [6, 6.07) is 24.1. The number of anilines is 1. The molecule has 0 bridgehead atoms. The third-order valence-electron chi connectivity index (χ3n) is 7.73. The lowest BCUT2D eigenvalue weighted by molar-refractivity contribution is 0.200. The first-order valence-electron chi connectivity index (χ1n) is 13.6. The fraction of sp³-hybridized carbons (Fsp3) is 0.290. The Hall–Kier alpha value is -4.50. The molecule has 6 rings (SSSR count). The summed E-state index contributed by atoms with van der Waals surface area (Å²) in [5.41, 5.74) is 5.86. The molecule has 3 heterocycles. The second-order valence-electron chi connectivity index (χ2n) is 10.4. The molecule has 9 nitrogen and oxygen atoms in total. The van der Waals surface area contributed by atoms with Crippen molar-refractivity contribution in [2.75, 3.05) is 38.2 Å². The van der Waals surface area contributed by atoms with E-state index in [1.54, 1.807) is 7.11 Å². The van der Waals surface area contributed by atoms with Gasteiger partial charge >= 0.3 is 0 Å². The van der Waals surface area contributed by atoms with Crippen molar-refractivity contribution in [3.05, 3.63) is 111 Å². The summed E-state index contributed by atoms with van der Waals surface area (Å²) in [7, 11) is 1.65. The molecule has 1 saturated heterocycles. The number of pyridine rings is 1. The van der Waals surface area contributed by atoms with E-state index in [1.165, 1.54) is 5.69 Å². The van der Waals surface area contributed by atoms with Crippen LogP contribution in [0.4, 0.5) is 5.69 Å². The molecule has 5 aromatic rings. The molecule has 204 valence electrons. The predicted molar refractivity (Wildman–Crippen MR) is 156 cm³/mol. The minimum Gasteiger partial charge on any atom is -0.497 e. The maximum absolute atomic E-state index is 13.7. The quantitative estimate of drug-likeness (QED) is 0.336. The zero-order chi connectivity index (χ0) is 27.6. The monoisotopic (exact) mass is 535 g/mol. The van der Waals surface area contributed by atoms with Crippen LogP contribution in [0.3, 0.4) is 0 Å². The molecule has 1 unspecified atom stereocenters. The molecule has 3 aromatic carbocycles. The number of aryl methyl sites for hydroxylation is 2. The van der Waals surface area contributed by atoms with Gasteiger partial charge in [-0.15, -0.1) is 5.10 Å². The third-order valence-corrected chi connectivity index (χ3v) is 7.73. The van der Waals surface area contributed by atoms with Gasteiger partial charge in [0.1, 0.15) is 11.8 Å². The average Bonchev–Trinajstić information content (AvgIpc) is 3.42. The van der Waals surface area contributed by atoms with E-state index in [1.807, 2.05) is 54.1 Å². The lowest BCUT2D eigenvalue weighted by Gasteiger charge is -2.39. The first kappa shape index (κ1) is 25.8. The fourth-order valence-corrected chi connectivity index (χ4v) is 5.69. The van der Waals surface area contributed by atoms with Crippen molar-refractivity contribution in [1.29, 1.82) is 0 Å². The lowest BCUT2D eigenvalue weighted by atomic mass is 9.99. The van der Waals surface area contributed by atoms with Gasteiger partial charge in [0, 0.05) is 48.3 Å². The number of rotatable bonds is 7. The van der Waals surface area contributed by atoms with Crippen LogP contribution in [0.2, 0.25) is 0 Å². The Kier molecular flexibility index (Phi) is 7.04. The number of aromatic amines is 1. The third kappa shape index (κ3) is 5.08. The normalized spacial score (nSPS) is 14.9. The van der Waals surface area contributed by atoms with Crippen molar-refractivity contribution in [2.45, 2.75) is 26.4 Å². The number of hydrogen-bond acceptors (Lipinski definition) is 7. The Morgan fingerprint density at radius 3 is 2.42 bits per heavy atom. The summed E-state index contributed by atoms with van der Waals surface area (Å²) in [4.78, 5) is 21.5. The highest BCUT2D eigenvalue weighted by atomic mass is 16.5. The number of fused-ring (bicyclic) bond motifs is 1. The van der Waals surface area contributed by atoms with E-state index in [9.17, 15) is 4.79 Å². The van der Waals surface area contributed by atoms with Gasteiger partial charge in [-0.25, -0.2) is 4.68 Å². The van der Waals surface area contributed by atoms with E-state index in [-0.39, 0.29) is 5.56 Å². The molecule has 0 saturated carbocycles. The highest BCUT2D eigenvalue weighted by molar-refractivity contribution is 5.83. The van der Waals surface area contributed by atoms with E-state index in [0.29, 0.717) is 17.9 Å². The minimum absolute atomic E-state index is 0.119. The van der Waals surface area contributed by atoms with E-state index < -0.39 is 6.04 Å². The van der Waals surface area contributed by atoms with Crippen LogP contribution in [-0.2, 0) is 6.54 Å². The summed E-state index contributed by atoms with van der Waals surface area (Å²) in [6.07, 6.45) is 0. The molecular weight excluding hydrogens is 502 g/mol. The van der Waals surface area contributed by atoms with Crippen LogP contribution >= 0.6 is 0 Å². The van der Waals surface area contributed by atoms with Crippen LogP contribution in [0.25, 0.3) is 10.9 Å². The van der Waals surface area contributed by atoms with Gasteiger partial charge in [-0.3, -0.25) is 9.69 Å². The SMILES string of the molecule is COc1ccc(Cn2nnnc2C(c2cc3c(C)cc(C)cc3[nH]c2=O)N2CCN(c3ccccc3)CC2)cc1. The van der Waals surface area contributed by atoms with E-state index in [4.69, 9.17) is 4.74 Å². The molecule has 0 aliphatic carbocycles. The number of hydrogen-bond donors (Lipinski definition) is 1. The average molecular weight is 536 g/mol. The molecule has 1 N–H and O–H groups in total. The highest BCUT2D eigenvalue weighted by Gasteiger charge is 2.33. The summed E-state index contributed by atoms with van der Waals surface area (Å²) in [5.74, 6) is 1.45. The Morgan fingerprint density at radius 2 is 1.70 bits per heavy atom. The summed E-state index contributed by atoms with van der Waals surface area (Å²) in [5, 5.41) is 14.0. The first-order chi connectivity index (χ1) is 19.5. The smallest absolute Gasteiger partial charge is 0.253 e. The number of para-hydroxylation sites is 1. The number of tetrazole rings is 1. The number of nitrogens with one attached hydrogen (secondary N) is 1. The Labute approximate surface area is 233 Å². The molecule has 1 aliphatic heterocycles. The summed E-state index contributed by atoms with van der Waals surface area (Å²) >= 11 is 0. The number of methoxy groups -OCH3 is 1. The van der Waals surface area contributed by atoms with Gasteiger partial charge in [-0.2, -0.15) is 0 Å². The maximum Gasteiger partial charge on any atom is 0.253 e. The molecule has 40 heavy (non-hydrogen) atoms. The highest BCUT2D eigenvalue weighted by Crippen LogP contribution is 2.30. The minimum atomic E-state index is -0.403. The van der Waals surface area contributed by atoms with Crippen molar-refractivity contribution in [3.63, 3.8) is 0 Å². The van der Waals surface area contributed by atoms with Crippen molar-refractivity contribution < 1.29 is 4.74 Å². The second-order valence-corrected chi connectivity index (χ2v) is 10.4. The predicted octanol–water partition coefficient (Wildman–Crippen LogP) is 4.10. The van der Waals surface area contributed by atoms with Gasteiger partial charge in [0.2, 0.25) is 0 Å². The largest absolute Gasteiger partial charge is 0.497 e. The topological polar surface area (TPSA) is 92.2 Å². The van der Waals surface area contributed by atoms with Crippen molar-refractivity contribution in [2.24, 2.45) is 0 Å². The molecule has 1 fully saturated rings. The van der Waals surface area contributed by atoms with Gasteiger partial charge < -0.3 is 14.6 Å². The van der Waals surface area contributed by atoms with E-state index >= 15 is 0 Å². The van der Waals surface area contributed by atoms with Gasteiger partial charge in [0.15, 0.2) is 5.82 Å². The Bertz CT molecular complexity index is 1670. The Morgan fingerprint density at radius 1 is 0.950 bits per heavy atom. The van der Waals surface area contributed by atoms with Crippen molar-refractivity contribution in [3.8, 4) is 5.75 Å². The zero-order valence-electron chi connectivity index (χ0n) is 23.0. The van der Waals surface area contributed by atoms with Crippen LogP contribution in [0.1, 0.15) is 34.1 Å². The molecular formula is C31H33N7O2. The van der Waals surface area contributed by atoms with Crippen LogP contribution in [-0.4, -0.2) is 63.4 Å². The van der Waals surface area contributed by atoms with Crippen LogP contribution < -0.4 is 15.2 Å².